The molecule has 1 aromatic rings. The molecule has 20 heavy (non-hydrogen) atoms. The monoisotopic (exact) mass is 292 g/mol. The minimum absolute atomic E-state index is 0.158. The van der Waals surface area contributed by atoms with E-state index in [1.165, 1.54) is 37.7 Å². The third-order valence-electron chi connectivity index (χ3n) is 6.06. The van der Waals surface area contributed by atoms with Crippen LogP contribution in [0.25, 0.3) is 0 Å². The van der Waals surface area contributed by atoms with Gasteiger partial charge in [0.2, 0.25) is 0 Å². The van der Waals surface area contributed by atoms with E-state index >= 15 is 0 Å². The summed E-state index contributed by atoms with van der Waals surface area (Å²) in [5, 5.41) is 0.232. The van der Waals surface area contributed by atoms with Crippen LogP contribution in [0.3, 0.4) is 0 Å². The predicted octanol–water partition coefficient (Wildman–Crippen LogP) is 5.05. The lowest BCUT2D eigenvalue weighted by atomic mass is 9.51. The first kappa shape index (κ1) is 13.1. The molecule has 108 valence electrons. The van der Waals surface area contributed by atoms with Crippen molar-refractivity contribution in [1.82, 2.24) is 0 Å². The molecule has 2 heteroatoms. The number of hydrogen-bond donors (Lipinski definition) is 0. The fraction of sp³-hybridized carbons (Fsp3) is 0.667. The highest BCUT2D eigenvalue weighted by Gasteiger charge is 2.50. The van der Waals surface area contributed by atoms with Crippen LogP contribution in [-0.2, 0) is 6.42 Å². The highest BCUT2D eigenvalue weighted by molar-refractivity contribution is 6.21. The first-order valence-corrected chi connectivity index (χ1v) is 8.51. The average Bonchev–Trinajstić information content (AvgIpc) is 2.40. The predicted molar refractivity (Wildman–Crippen MR) is 80.3 cm³/mol. The summed E-state index contributed by atoms with van der Waals surface area (Å²) in [4.78, 5) is 0. The van der Waals surface area contributed by atoms with Crippen LogP contribution in [0.1, 0.15) is 37.7 Å². The van der Waals surface area contributed by atoms with Crippen molar-refractivity contribution in [1.29, 1.82) is 0 Å². The van der Waals surface area contributed by atoms with Crippen molar-refractivity contribution in [2.45, 2.75) is 43.9 Å². The lowest BCUT2D eigenvalue weighted by Gasteiger charge is -2.55. The van der Waals surface area contributed by atoms with Crippen molar-refractivity contribution >= 4 is 11.6 Å². The number of halogens is 2. The van der Waals surface area contributed by atoms with Gasteiger partial charge in [0, 0.05) is 5.38 Å². The average molecular weight is 293 g/mol. The molecular formula is C18H22ClF. The Hall–Kier alpha value is -0.560. The zero-order chi connectivity index (χ0) is 13.7. The molecule has 1 unspecified atom stereocenters. The van der Waals surface area contributed by atoms with Crippen LogP contribution >= 0.6 is 11.6 Å². The van der Waals surface area contributed by atoms with E-state index in [2.05, 4.69) is 0 Å². The van der Waals surface area contributed by atoms with Crippen LogP contribution in [-0.4, -0.2) is 5.38 Å². The molecule has 0 heterocycles. The molecule has 0 nitrogen and oxygen atoms in total. The van der Waals surface area contributed by atoms with Crippen molar-refractivity contribution in [3.63, 3.8) is 0 Å². The molecule has 4 fully saturated rings. The Morgan fingerprint density at radius 1 is 0.950 bits per heavy atom. The fourth-order valence-corrected chi connectivity index (χ4v) is 6.13. The Bertz CT molecular complexity index is 453. The van der Waals surface area contributed by atoms with E-state index in [1.54, 1.807) is 12.1 Å². The maximum absolute atomic E-state index is 13.0. The summed E-state index contributed by atoms with van der Waals surface area (Å²) in [6.45, 7) is 0. The zero-order valence-corrected chi connectivity index (χ0v) is 12.5. The van der Waals surface area contributed by atoms with E-state index in [4.69, 9.17) is 11.6 Å². The van der Waals surface area contributed by atoms with Gasteiger partial charge in [-0.05, 0) is 85.8 Å². The summed E-state index contributed by atoms with van der Waals surface area (Å²) >= 11 is 6.81. The van der Waals surface area contributed by atoms with E-state index in [1.807, 2.05) is 12.1 Å². The van der Waals surface area contributed by atoms with Crippen LogP contribution in [0.5, 0.6) is 0 Å². The fourth-order valence-electron chi connectivity index (χ4n) is 5.54. The molecule has 1 atom stereocenters. The Kier molecular flexibility index (Phi) is 3.29. The van der Waals surface area contributed by atoms with Crippen molar-refractivity contribution in [2.24, 2.45) is 29.6 Å². The van der Waals surface area contributed by atoms with Crippen LogP contribution < -0.4 is 0 Å². The van der Waals surface area contributed by atoms with Crippen molar-refractivity contribution in [3.8, 4) is 0 Å². The Morgan fingerprint density at radius 2 is 1.50 bits per heavy atom. The Labute approximate surface area is 125 Å². The molecule has 4 aliphatic carbocycles. The Balaban J connectivity index is 1.48. The van der Waals surface area contributed by atoms with Crippen LogP contribution in [0.15, 0.2) is 24.3 Å². The molecule has 0 saturated heterocycles. The highest BCUT2D eigenvalue weighted by atomic mass is 35.5. The van der Waals surface area contributed by atoms with Gasteiger partial charge in [-0.2, -0.15) is 0 Å². The van der Waals surface area contributed by atoms with Crippen molar-refractivity contribution < 1.29 is 4.39 Å². The normalized spacial score (nSPS) is 40.0. The van der Waals surface area contributed by atoms with Gasteiger partial charge in [-0.25, -0.2) is 4.39 Å². The molecule has 4 bridgehead atoms. The second-order valence-corrected chi connectivity index (χ2v) is 7.92. The number of benzene rings is 1. The van der Waals surface area contributed by atoms with Gasteiger partial charge in [0.1, 0.15) is 5.82 Å². The van der Waals surface area contributed by atoms with Crippen LogP contribution in [0.2, 0.25) is 0 Å². The molecule has 0 spiro atoms. The molecule has 0 aliphatic heterocycles. The maximum atomic E-state index is 13.0. The van der Waals surface area contributed by atoms with Gasteiger partial charge >= 0.3 is 0 Å². The highest BCUT2D eigenvalue weighted by Crippen LogP contribution is 2.58. The molecule has 0 amide bonds. The largest absolute Gasteiger partial charge is 0.207 e. The molecule has 4 saturated carbocycles. The number of alkyl halides is 1. The van der Waals surface area contributed by atoms with Gasteiger partial charge in [-0.15, -0.1) is 11.6 Å². The zero-order valence-electron chi connectivity index (χ0n) is 11.8. The lowest BCUT2D eigenvalue weighted by molar-refractivity contribution is -0.0376. The van der Waals surface area contributed by atoms with E-state index in [0.29, 0.717) is 5.92 Å². The summed E-state index contributed by atoms with van der Waals surface area (Å²) in [5.74, 6) is 4.29. The minimum Gasteiger partial charge on any atom is -0.207 e. The van der Waals surface area contributed by atoms with E-state index < -0.39 is 0 Å². The van der Waals surface area contributed by atoms with Gasteiger partial charge < -0.3 is 0 Å². The van der Waals surface area contributed by atoms with E-state index in [9.17, 15) is 4.39 Å². The third-order valence-corrected chi connectivity index (χ3v) is 6.51. The smallest absolute Gasteiger partial charge is 0.123 e. The molecular weight excluding hydrogens is 271 g/mol. The Morgan fingerprint density at radius 3 is 2.05 bits per heavy atom. The summed E-state index contributed by atoms with van der Waals surface area (Å²) in [5.41, 5.74) is 1.18. The second kappa shape index (κ2) is 5.02. The lowest BCUT2D eigenvalue weighted by Crippen LogP contribution is -2.48. The van der Waals surface area contributed by atoms with Gasteiger partial charge in [-0.3, -0.25) is 0 Å². The summed E-state index contributed by atoms with van der Waals surface area (Å²) < 4.78 is 13.0. The van der Waals surface area contributed by atoms with Gasteiger partial charge in [0.25, 0.3) is 0 Å². The van der Waals surface area contributed by atoms with Crippen LogP contribution in [0.4, 0.5) is 4.39 Å². The van der Waals surface area contributed by atoms with Gasteiger partial charge in [0.05, 0.1) is 0 Å². The summed E-state index contributed by atoms with van der Waals surface area (Å²) in [6.07, 6.45) is 8.07. The third kappa shape index (κ3) is 2.28. The molecule has 5 rings (SSSR count). The number of rotatable bonds is 3. The quantitative estimate of drug-likeness (QED) is 0.684. The first-order chi connectivity index (χ1) is 9.69. The minimum atomic E-state index is -0.158. The summed E-state index contributed by atoms with van der Waals surface area (Å²) in [6, 6.07) is 6.88. The topological polar surface area (TPSA) is 0 Å². The van der Waals surface area contributed by atoms with Crippen molar-refractivity contribution in [3.05, 3.63) is 35.6 Å². The van der Waals surface area contributed by atoms with Crippen molar-refractivity contribution in [2.75, 3.05) is 0 Å². The molecule has 4 aliphatic rings. The summed E-state index contributed by atoms with van der Waals surface area (Å²) in [7, 11) is 0. The second-order valence-electron chi connectivity index (χ2n) is 7.35. The maximum Gasteiger partial charge on any atom is 0.123 e. The van der Waals surface area contributed by atoms with Gasteiger partial charge in [0.15, 0.2) is 0 Å². The van der Waals surface area contributed by atoms with Gasteiger partial charge in [-0.1, -0.05) is 12.1 Å². The van der Waals surface area contributed by atoms with E-state index in [0.717, 1.165) is 30.1 Å². The first-order valence-electron chi connectivity index (χ1n) is 8.07. The number of hydrogen-bond acceptors (Lipinski definition) is 0. The van der Waals surface area contributed by atoms with E-state index in [-0.39, 0.29) is 11.2 Å². The van der Waals surface area contributed by atoms with Crippen LogP contribution in [0, 0.1) is 35.4 Å². The standard InChI is InChI=1S/C18H22ClF/c19-17(10-11-1-3-16(20)4-2-11)18-14-6-12-5-13(8-14)9-15(18)7-12/h1-4,12-15,17-18H,5-10H2. The molecule has 1 aromatic carbocycles. The molecule has 0 N–H and O–H groups in total. The SMILES string of the molecule is Fc1ccc(CC(Cl)C2C3CC4CC(C3)CC2C4)cc1. The molecule has 0 aromatic heterocycles. The molecule has 0 radical (unpaired) electrons.